The van der Waals surface area contributed by atoms with Crippen molar-refractivity contribution in [2.45, 2.75) is 89.3 Å². The van der Waals surface area contributed by atoms with Crippen LogP contribution in [0.5, 0.6) is 0 Å². The average molecular weight is 306 g/mol. The molecule has 4 rings (SSSR count). The molecule has 0 heterocycles. The summed E-state index contributed by atoms with van der Waals surface area (Å²) in [5, 5.41) is 21.7. The minimum Gasteiger partial charge on any atom is -0.393 e. The van der Waals surface area contributed by atoms with E-state index in [-0.39, 0.29) is 12.2 Å². The van der Waals surface area contributed by atoms with Crippen molar-refractivity contribution in [3.63, 3.8) is 0 Å². The summed E-state index contributed by atoms with van der Waals surface area (Å²) in [6, 6.07) is 0. The largest absolute Gasteiger partial charge is 0.393 e. The maximum Gasteiger partial charge on any atom is 0.0575 e. The van der Waals surface area contributed by atoms with Crippen molar-refractivity contribution >= 4 is 0 Å². The molecule has 4 fully saturated rings. The summed E-state index contributed by atoms with van der Waals surface area (Å²) in [6.07, 6.45) is 15.0. The zero-order chi connectivity index (χ0) is 15.1. The molecule has 22 heavy (non-hydrogen) atoms. The molecule has 4 saturated carbocycles. The van der Waals surface area contributed by atoms with Crippen LogP contribution >= 0.6 is 0 Å². The summed E-state index contributed by atoms with van der Waals surface area (Å²) in [7, 11) is 0. The highest BCUT2D eigenvalue weighted by Gasteiger charge is 2.50. The van der Waals surface area contributed by atoms with Gasteiger partial charge in [-0.3, -0.25) is 0 Å². The third-order valence-corrected chi connectivity index (χ3v) is 7.92. The maximum absolute atomic E-state index is 10.9. The Labute approximate surface area is 135 Å². The molecule has 4 aliphatic rings. The quantitative estimate of drug-likeness (QED) is 0.764. The highest BCUT2D eigenvalue weighted by molar-refractivity contribution is 5.00. The molecule has 2 heteroatoms. The van der Waals surface area contributed by atoms with Crippen LogP contribution in [0.3, 0.4) is 0 Å². The molecule has 0 radical (unpaired) electrons. The lowest BCUT2D eigenvalue weighted by Crippen LogP contribution is -2.52. The lowest BCUT2D eigenvalue weighted by atomic mass is 9.53. The first kappa shape index (κ1) is 15.4. The first-order valence-corrected chi connectivity index (χ1v) is 10.1. The molecule has 126 valence electrons. The van der Waals surface area contributed by atoms with Gasteiger partial charge in [0.2, 0.25) is 0 Å². The Bertz CT molecular complexity index is 346. The van der Waals surface area contributed by atoms with Gasteiger partial charge in [0.25, 0.3) is 0 Å². The van der Waals surface area contributed by atoms with Gasteiger partial charge in [-0.25, -0.2) is 0 Å². The Kier molecular flexibility index (Phi) is 4.52. The molecule has 2 N–H and O–H groups in total. The number of aliphatic hydroxyl groups excluding tert-OH is 2. The zero-order valence-corrected chi connectivity index (χ0v) is 14.0. The maximum atomic E-state index is 10.9. The van der Waals surface area contributed by atoms with E-state index >= 15 is 0 Å². The van der Waals surface area contributed by atoms with E-state index in [1.54, 1.807) is 0 Å². The number of rotatable bonds is 1. The van der Waals surface area contributed by atoms with Crippen molar-refractivity contribution in [1.29, 1.82) is 0 Å². The Morgan fingerprint density at radius 3 is 1.32 bits per heavy atom. The monoisotopic (exact) mass is 306 g/mol. The minimum absolute atomic E-state index is 0.139. The summed E-state index contributed by atoms with van der Waals surface area (Å²) in [5.41, 5.74) is 0. The van der Waals surface area contributed by atoms with Crippen molar-refractivity contribution < 1.29 is 10.2 Å². The number of hydrogen-bond acceptors (Lipinski definition) is 2. The van der Waals surface area contributed by atoms with E-state index in [4.69, 9.17) is 0 Å². The zero-order valence-electron chi connectivity index (χ0n) is 14.0. The van der Waals surface area contributed by atoms with E-state index < -0.39 is 0 Å². The molecule has 0 aliphatic heterocycles. The van der Waals surface area contributed by atoms with Gasteiger partial charge in [-0.05, 0) is 74.0 Å². The molecule has 0 aromatic carbocycles. The molecule has 6 unspecified atom stereocenters. The van der Waals surface area contributed by atoms with E-state index in [0.29, 0.717) is 23.7 Å². The second-order valence-corrected chi connectivity index (χ2v) is 8.86. The predicted octanol–water partition coefficient (Wildman–Crippen LogP) is 4.14. The van der Waals surface area contributed by atoms with Gasteiger partial charge in [-0.2, -0.15) is 0 Å². The van der Waals surface area contributed by atoms with Crippen molar-refractivity contribution in [3.05, 3.63) is 0 Å². The smallest absolute Gasteiger partial charge is 0.0575 e. The van der Waals surface area contributed by atoms with Crippen molar-refractivity contribution in [1.82, 2.24) is 0 Å². The average Bonchev–Trinajstić information content (AvgIpc) is 2.56. The van der Waals surface area contributed by atoms with Crippen molar-refractivity contribution in [2.75, 3.05) is 0 Å². The van der Waals surface area contributed by atoms with Gasteiger partial charge < -0.3 is 10.2 Å². The molecule has 0 bridgehead atoms. The SMILES string of the molecule is OC1CCC2CCCCC2C1[C@@H]1C2CCCCC2CC[C@@H]1O. The van der Waals surface area contributed by atoms with E-state index in [1.807, 2.05) is 0 Å². The van der Waals surface area contributed by atoms with Crippen LogP contribution in [0.1, 0.15) is 77.0 Å². The first-order valence-electron chi connectivity index (χ1n) is 10.1. The summed E-state index contributed by atoms with van der Waals surface area (Å²) in [4.78, 5) is 0. The molecule has 8 atom stereocenters. The van der Waals surface area contributed by atoms with Crippen LogP contribution in [0.25, 0.3) is 0 Å². The van der Waals surface area contributed by atoms with Crippen LogP contribution in [0.15, 0.2) is 0 Å². The highest BCUT2D eigenvalue weighted by Crippen LogP contribution is 2.54. The predicted molar refractivity (Wildman–Crippen MR) is 88.4 cm³/mol. The van der Waals surface area contributed by atoms with E-state index in [9.17, 15) is 10.2 Å². The topological polar surface area (TPSA) is 40.5 Å². The Hall–Kier alpha value is -0.0800. The van der Waals surface area contributed by atoms with Crippen LogP contribution in [-0.4, -0.2) is 22.4 Å². The summed E-state index contributed by atoms with van der Waals surface area (Å²) in [6.45, 7) is 0. The minimum atomic E-state index is -0.139. The lowest BCUT2D eigenvalue weighted by Gasteiger charge is -2.54. The second-order valence-electron chi connectivity index (χ2n) is 8.86. The molecule has 0 spiro atoms. The first-order chi connectivity index (χ1) is 10.8. The van der Waals surface area contributed by atoms with Gasteiger partial charge in [0.05, 0.1) is 12.2 Å². The standard InChI is InChI=1S/C20H34O2/c21-17-11-9-13-5-1-3-7-15(13)19(17)20-16-8-4-2-6-14(16)10-12-18(20)22/h13-22H,1-12H2/t13?,14?,15?,16?,17-,18?,19+,20?/m0/s1. The molecule has 0 aromatic rings. The van der Waals surface area contributed by atoms with Crippen molar-refractivity contribution in [2.24, 2.45) is 35.5 Å². The van der Waals surface area contributed by atoms with Crippen molar-refractivity contribution in [3.8, 4) is 0 Å². The van der Waals surface area contributed by atoms with Gasteiger partial charge in [0, 0.05) is 0 Å². The van der Waals surface area contributed by atoms with E-state index in [2.05, 4.69) is 0 Å². The Balaban J connectivity index is 1.61. The summed E-state index contributed by atoms with van der Waals surface area (Å²) in [5.74, 6) is 3.91. The lowest BCUT2D eigenvalue weighted by molar-refractivity contribution is -0.123. The van der Waals surface area contributed by atoms with Gasteiger partial charge in [0.15, 0.2) is 0 Å². The molecule has 0 amide bonds. The molecule has 4 aliphatic carbocycles. The van der Waals surface area contributed by atoms with E-state index in [0.717, 1.165) is 24.7 Å². The van der Waals surface area contributed by atoms with Crippen LogP contribution in [0.2, 0.25) is 0 Å². The summed E-state index contributed by atoms with van der Waals surface area (Å²) >= 11 is 0. The van der Waals surface area contributed by atoms with Crippen LogP contribution in [0, 0.1) is 35.5 Å². The highest BCUT2D eigenvalue weighted by atomic mass is 16.3. The number of fused-ring (bicyclic) bond motifs is 2. The third-order valence-electron chi connectivity index (χ3n) is 7.92. The third kappa shape index (κ3) is 2.65. The molecular weight excluding hydrogens is 272 g/mol. The summed E-state index contributed by atoms with van der Waals surface area (Å²) < 4.78 is 0. The normalized spacial score (nSPS) is 52.6. The van der Waals surface area contributed by atoms with Gasteiger partial charge >= 0.3 is 0 Å². The van der Waals surface area contributed by atoms with E-state index in [1.165, 1.54) is 64.2 Å². The number of aliphatic hydroxyl groups is 2. The molecule has 2 nitrogen and oxygen atoms in total. The fourth-order valence-electron chi connectivity index (χ4n) is 7.01. The molecular formula is C20H34O2. The number of hydrogen-bond donors (Lipinski definition) is 2. The molecule has 0 aromatic heterocycles. The fourth-order valence-corrected chi connectivity index (χ4v) is 7.01. The van der Waals surface area contributed by atoms with Gasteiger partial charge in [-0.1, -0.05) is 38.5 Å². The fraction of sp³-hybridized carbons (Fsp3) is 1.00. The van der Waals surface area contributed by atoms with Gasteiger partial charge in [-0.15, -0.1) is 0 Å². The molecule has 0 saturated heterocycles. The van der Waals surface area contributed by atoms with Crippen LogP contribution in [0.4, 0.5) is 0 Å². The Morgan fingerprint density at radius 1 is 0.455 bits per heavy atom. The van der Waals surface area contributed by atoms with Gasteiger partial charge in [0.1, 0.15) is 0 Å². The van der Waals surface area contributed by atoms with Crippen LogP contribution < -0.4 is 0 Å². The van der Waals surface area contributed by atoms with Crippen LogP contribution in [-0.2, 0) is 0 Å². The second kappa shape index (κ2) is 6.43. The Morgan fingerprint density at radius 2 is 0.864 bits per heavy atom.